The number of nitrogens with zero attached hydrogens (tertiary/aromatic N) is 4. The summed E-state index contributed by atoms with van der Waals surface area (Å²) in [5, 5.41) is 3.86. The Kier molecular flexibility index (Phi) is 4.81. The minimum Gasteiger partial charge on any atom is -0.366 e. The van der Waals surface area contributed by atoms with Crippen LogP contribution in [0.3, 0.4) is 0 Å². The Balaban J connectivity index is 1.61. The van der Waals surface area contributed by atoms with Crippen molar-refractivity contribution in [2.24, 2.45) is 0 Å². The number of ether oxygens (including phenoxy) is 1. The van der Waals surface area contributed by atoms with Crippen molar-refractivity contribution in [3.05, 3.63) is 32.0 Å². The molecule has 1 saturated heterocycles. The molecule has 2 aromatic heterocycles. The van der Waals surface area contributed by atoms with Gasteiger partial charge in [-0.3, -0.25) is 9.59 Å². The Labute approximate surface area is 143 Å². The van der Waals surface area contributed by atoms with Crippen LogP contribution in [0.15, 0.2) is 9.32 Å². The van der Waals surface area contributed by atoms with Crippen molar-refractivity contribution in [1.82, 2.24) is 19.6 Å². The maximum absolute atomic E-state index is 12.5. The average molecular weight is 352 g/mol. The van der Waals surface area contributed by atoms with E-state index in [0.717, 1.165) is 10.6 Å². The quantitative estimate of drug-likeness (QED) is 0.821. The highest BCUT2D eigenvalue weighted by molar-refractivity contribution is 7.09. The van der Waals surface area contributed by atoms with Crippen LogP contribution >= 0.6 is 11.3 Å². The van der Waals surface area contributed by atoms with Crippen LogP contribution in [0.2, 0.25) is 0 Å². The van der Waals surface area contributed by atoms with Crippen molar-refractivity contribution in [3.8, 4) is 0 Å². The summed E-state index contributed by atoms with van der Waals surface area (Å²) in [4.78, 5) is 31.3. The second-order valence-electron chi connectivity index (χ2n) is 5.78. The zero-order valence-electron chi connectivity index (χ0n) is 13.9. The molecule has 0 bridgehead atoms. The van der Waals surface area contributed by atoms with Gasteiger partial charge in [0.15, 0.2) is 0 Å². The molecular formula is C15H20N4O4S. The van der Waals surface area contributed by atoms with E-state index < -0.39 is 0 Å². The molecule has 130 valence electrons. The minimum absolute atomic E-state index is 0.00123. The summed E-state index contributed by atoms with van der Waals surface area (Å²) in [7, 11) is 0. The molecule has 0 radical (unpaired) electrons. The van der Waals surface area contributed by atoms with Crippen molar-refractivity contribution >= 4 is 17.2 Å². The standard InChI is InChI=1S/C15H20N4O4S/c1-9-10(2)24-15(21)19(9)5-4-13(20)18-6-7-22-12(8-18)14-16-11(3)23-17-14/h12H,4-8H2,1-3H3. The lowest BCUT2D eigenvalue weighted by molar-refractivity contribution is -0.139. The van der Waals surface area contributed by atoms with E-state index in [4.69, 9.17) is 9.26 Å². The van der Waals surface area contributed by atoms with Crippen molar-refractivity contribution in [2.75, 3.05) is 19.7 Å². The van der Waals surface area contributed by atoms with Gasteiger partial charge in [0.2, 0.25) is 17.6 Å². The van der Waals surface area contributed by atoms with Crippen LogP contribution < -0.4 is 4.87 Å². The molecule has 1 aliphatic heterocycles. The summed E-state index contributed by atoms with van der Waals surface area (Å²) >= 11 is 1.22. The van der Waals surface area contributed by atoms with E-state index in [-0.39, 0.29) is 23.3 Å². The molecule has 0 N–H and O–H groups in total. The number of thiazole rings is 1. The molecule has 8 nitrogen and oxygen atoms in total. The first-order valence-electron chi connectivity index (χ1n) is 7.82. The number of morpholine rings is 1. The highest BCUT2D eigenvalue weighted by atomic mass is 32.1. The van der Waals surface area contributed by atoms with Gasteiger partial charge in [0.25, 0.3) is 0 Å². The Bertz CT molecular complexity index is 794. The summed E-state index contributed by atoms with van der Waals surface area (Å²) < 4.78 is 12.3. The number of hydrogen-bond donors (Lipinski definition) is 0. The third-order valence-electron chi connectivity index (χ3n) is 4.17. The smallest absolute Gasteiger partial charge is 0.307 e. The monoisotopic (exact) mass is 352 g/mol. The van der Waals surface area contributed by atoms with Crippen LogP contribution in [0, 0.1) is 20.8 Å². The number of aromatic nitrogens is 3. The number of carbonyl (C=O) groups excluding carboxylic acids is 1. The SMILES string of the molecule is Cc1nc(C2CN(C(=O)CCn3c(C)c(C)sc3=O)CCO2)no1. The zero-order valence-corrected chi connectivity index (χ0v) is 14.8. The van der Waals surface area contributed by atoms with Crippen molar-refractivity contribution in [1.29, 1.82) is 0 Å². The fourth-order valence-electron chi connectivity index (χ4n) is 2.69. The van der Waals surface area contributed by atoms with E-state index in [2.05, 4.69) is 10.1 Å². The lowest BCUT2D eigenvalue weighted by Gasteiger charge is -2.31. The summed E-state index contributed by atoms with van der Waals surface area (Å²) in [6.07, 6.45) is -0.0810. The molecule has 0 aromatic carbocycles. The lowest BCUT2D eigenvalue weighted by Crippen LogP contribution is -2.43. The number of carbonyl (C=O) groups is 1. The Morgan fingerprint density at radius 2 is 2.17 bits per heavy atom. The van der Waals surface area contributed by atoms with Crippen LogP contribution in [-0.4, -0.2) is 45.2 Å². The normalized spacial score (nSPS) is 18.1. The Hall–Kier alpha value is -2.00. The summed E-state index contributed by atoms with van der Waals surface area (Å²) in [6, 6.07) is 0. The van der Waals surface area contributed by atoms with Gasteiger partial charge < -0.3 is 18.7 Å². The lowest BCUT2D eigenvalue weighted by atomic mass is 10.2. The minimum atomic E-state index is -0.368. The number of amides is 1. The molecule has 24 heavy (non-hydrogen) atoms. The van der Waals surface area contributed by atoms with Gasteiger partial charge in [-0.1, -0.05) is 16.5 Å². The molecule has 3 heterocycles. The third kappa shape index (κ3) is 3.41. The van der Waals surface area contributed by atoms with Crippen LogP contribution in [0.25, 0.3) is 0 Å². The maximum atomic E-state index is 12.5. The largest absolute Gasteiger partial charge is 0.366 e. The summed E-state index contributed by atoms with van der Waals surface area (Å²) in [6.45, 7) is 7.29. The first-order chi connectivity index (χ1) is 11.5. The predicted octanol–water partition coefficient (Wildman–Crippen LogP) is 1.21. The number of rotatable bonds is 4. The van der Waals surface area contributed by atoms with Gasteiger partial charge in [0.05, 0.1) is 13.2 Å². The molecule has 0 spiro atoms. The first kappa shape index (κ1) is 16.8. The predicted molar refractivity (Wildman–Crippen MR) is 87.0 cm³/mol. The second kappa shape index (κ2) is 6.86. The first-order valence-corrected chi connectivity index (χ1v) is 8.63. The van der Waals surface area contributed by atoms with E-state index >= 15 is 0 Å². The summed E-state index contributed by atoms with van der Waals surface area (Å²) in [5.41, 5.74) is 0.930. The van der Waals surface area contributed by atoms with Gasteiger partial charge in [-0.15, -0.1) is 0 Å². The Morgan fingerprint density at radius 3 is 2.79 bits per heavy atom. The van der Waals surface area contributed by atoms with Crippen LogP contribution in [0.4, 0.5) is 0 Å². The third-order valence-corrected chi connectivity index (χ3v) is 5.17. The molecule has 1 amide bonds. The highest BCUT2D eigenvalue weighted by Gasteiger charge is 2.28. The van der Waals surface area contributed by atoms with Gasteiger partial charge in [-0.05, 0) is 13.8 Å². The van der Waals surface area contributed by atoms with E-state index in [1.807, 2.05) is 13.8 Å². The van der Waals surface area contributed by atoms with Crippen molar-refractivity contribution in [3.63, 3.8) is 0 Å². The highest BCUT2D eigenvalue weighted by Crippen LogP contribution is 2.20. The van der Waals surface area contributed by atoms with E-state index in [9.17, 15) is 9.59 Å². The van der Waals surface area contributed by atoms with Crippen molar-refractivity contribution in [2.45, 2.75) is 39.8 Å². The zero-order chi connectivity index (χ0) is 17.3. The molecule has 0 saturated carbocycles. The van der Waals surface area contributed by atoms with Crippen molar-refractivity contribution < 1.29 is 14.1 Å². The fraction of sp³-hybridized carbons (Fsp3) is 0.600. The fourth-order valence-corrected chi connectivity index (χ4v) is 3.55. The van der Waals surface area contributed by atoms with Gasteiger partial charge >= 0.3 is 4.87 Å². The van der Waals surface area contributed by atoms with Gasteiger partial charge in [-0.2, -0.15) is 4.98 Å². The van der Waals surface area contributed by atoms with Gasteiger partial charge in [-0.25, -0.2) is 0 Å². The molecule has 9 heteroatoms. The molecule has 1 fully saturated rings. The maximum Gasteiger partial charge on any atom is 0.307 e. The van der Waals surface area contributed by atoms with E-state index in [1.165, 1.54) is 11.3 Å². The molecule has 1 unspecified atom stereocenters. The van der Waals surface area contributed by atoms with Crippen LogP contribution in [0.1, 0.15) is 34.8 Å². The van der Waals surface area contributed by atoms with E-state index in [1.54, 1.807) is 16.4 Å². The molecule has 2 aromatic rings. The molecule has 3 rings (SSSR count). The molecular weight excluding hydrogens is 332 g/mol. The molecule has 0 aliphatic carbocycles. The second-order valence-corrected chi connectivity index (χ2v) is 6.95. The average Bonchev–Trinajstić information content (AvgIpc) is 3.10. The van der Waals surface area contributed by atoms with E-state index in [0.29, 0.717) is 38.0 Å². The van der Waals surface area contributed by atoms with Crippen LogP contribution in [0.5, 0.6) is 0 Å². The molecule has 1 aliphatic rings. The topological polar surface area (TPSA) is 90.5 Å². The molecule has 1 atom stereocenters. The van der Waals surface area contributed by atoms with Gasteiger partial charge in [0.1, 0.15) is 6.10 Å². The summed E-state index contributed by atoms with van der Waals surface area (Å²) in [5.74, 6) is 0.934. The van der Waals surface area contributed by atoms with Crippen LogP contribution in [-0.2, 0) is 16.1 Å². The number of hydrogen-bond acceptors (Lipinski definition) is 7. The number of aryl methyl sites for hydroxylation is 2. The van der Waals surface area contributed by atoms with Gasteiger partial charge in [0, 0.05) is 37.0 Å². The Morgan fingerprint density at radius 1 is 1.38 bits per heavy atom.